The molecule has 2 N–H and O–H groups in total. The van der Waals surface area contributed by atoms with Crippen molar-refractivity contribution in [2.75, 3.05) is 5.32 Å². The van der Waals surface area contributed by atoms with Gasteiger partial charge in [0.15, 0.2) is 0 Å². The van der Waals surface area contributed by atoms with E-state index in [1.807, 2.05) is 66.7 Å². The van der Waals surface area contributed by atoms with Crippen LogP contribution in [0.25, 0.3) is 31.8 Å². The Bertz CT molecular complexity index is 1250. The molecule has 142 valence electrons. The number of carbonyl (C=O) groups excluding carboxylic acids is 1. The summed E-state index contributed by atoms with van der Waals surface area (Å²) < 4.78 is 1.16. The van der Waals surface area contributed by atoms with Gasteiger partial charge in [-0.15, -0.1) is 11.3 Å². The van der Waals surface area contributed by atoms with Crippen LogP contribution < -0.4 is 5.32 Å². The van der Waals surface area contributed by atoms with E-state index >= 15 is 0 Å². The number of thiazole rings is 1. The molecule has 5 nitrogen and oxygen atoms in total. The number of aromatic nitrogens is 3. The van der Waals surface area contributed by atoms with Crippen LogP contribution in [0.3, 0.4) is 0 Å². The SMILES string of the molecule is O=C(CCc1nc2ccccc2[nH]1)Nc1cccc(-c2nc3ccccc3s2)c1. The molecule has 29 heavy (non-hydrogen) atoms. The van der Waals surface area contributed by atoms with Crippen molar-refractivity contribution in [1.29, 1.82) is 0 Å². The molecule has 6 heteroatoms. The van der Waals surface area contributed by atoms with Gasteiger partial charge in [0.25, 0.3) is 0 Å². The minimum atomic E-state index is -0.0353. The summed E-state index contributed by atoms with van der Waals surface area (Å²) in [5.41, 5.74) is 4.68. The van der Waals surface area contributed by atoms with Crippen LogP contribution >= 0.6 is 11.3 Å². The lowest BCUT2D eigenvalue weighted by Gasteiger charge is -2.06. The molecule has 0 radical (unpaired) electrons. The average molecular weight is 398 g/mol. The highest BCUT2D eigenvalue weighted by molar-refractivity contribution is 7.21. The Morgan fingerprint density at radius 1 is 0.931 bits per heavy atom. The number of H-pyrrole nitrogens is 1. The fraction of sp³-hybridized carbons (Fsp3) is 0.0870. The van der Waals surface area contributed by atoms with Gasteiger partial charge in [-0.2, -0.15) is 0 Å². The number of aryl methyl sites for hydroxylation is 1. The van der Waals surface area contributed by atoms with E-state index in [-0.39, 0.29) is 5.91 Å². The first-order valence-corrected chi connectivity index (χ1v) is 10.3. The number of anilines is 1. The maximum Gasteiger partial charge on any atom is 0.224 e. The smallest absolute Gasteiger partial charge is 0.224 e. The molecule has 0 saturated heterocycles. The van der Waals surface area contributed by atoms with Crippen LogP contribution in [0.15, 0.2) is 72.8 Å². The van der Waals surface area contributed by atoms with Crippen molar-refractivity contribution in [2.45, 2.75) is 12.8 Å². The van der Waals surface area contributed by atoms with Gasteiger partial charge in [-0.25, -0.2) is 9.97 Å². The zero-order valence-corrected chi connectivity index (χ0v) is 16.4. The molecule has 2 aromatic heterocycles. The summed E-state index contributed by atoms with van der Waals surface area (Å²) >= 11 is 1.65. The number of rotatable bonds is 5. The molecule has 1 amide bonds. The number of amides is 1. The van der Waals surface area contributed by atoms with Crippen molar-refractivity contribution in [1.82, 2.24) is 15.0 Å². The van der Waals surface area contributed by atoms with Crippen LogP contribution in [0.4, 0.5) is 5.69 Å². The molecular weight excluding hydrogens is 380 g/mol. The van der Waals surface area contributed by atoms with Gasteiger partial charge in [0.1, 0.15) is 10.8 Å². The molecule has 0 atom stereocenters. The fourth-order valence-electron chi connectivity index (χ4n) is 3.31. The van der Waals surface area contributed by atoms with Gasteiger partial charge in [-0.1, -0.05) is 36.4 Å². The van der Waals surface area contributed by atoms with E-state index < -0.39 is 0 Å². The average Bonchev–Trinajstić information content (AvgIpc) is 3.36. The monoisotopic (exact) mass is 398 g/mol. The molecule has 0 saturated carbocycles. The summed E-state index contributed by atoms with van der Waals surface area (Å²) in [6.45, 7) is 0. The number of nitrogens with zero attached hydrogens (tertiary/aromatic N) is 2. The second-order valence-electron chi connectivity index (χ2n) is 6.82. The maximum atomic E-state index is 12.4. The molecule has 5 rings (SSSR count). The summed E-state index contributed by atoms with van der Waals surface area (Å²) in [5.74, 6) is 0.788. The second-order valence-corrected chi connectivity index (χ2v) is 7.85. The van der Waals surface area contributed by atoms with Crippen molar-refractivity contribution >= 4 is 44.2 Å². The molecule has 0 aliphatic heterocycles. The first kappa shape index (κ1) is 17.6. The second kappa shape index (κ2) is 7.48. The molecule has 0 bridgehead atoms. The van der Waals surface area contributed by atoms with Gasteiger partial charge < -0.3 is 10.3 Å². The highest BCUT2D eigenvalue weighted by Gasteiger charge is 2.09. The Labute approximate surface area is 171 Å². The number of nitrogens with one attached hydrogen (secondary N) is 2. The number of hydrogen-bond donors (Lipinski definition) is 2. The van der Waals surface area contributed by atoms with Gasteiger partial charge in [0, 0.05) is 24.1 Å². The Kier molecular flexibility index (Phi) is 4.54. The molecule has 5 aromatic rings. The van der Waals surface area contributed by atoms with Crippen molar-refractivity contribution < 1.29 is 4.79 Å². The fourth-order valence-corrected chi connectivity index (χ4v) is 4.27. The van der Waals surface area contributed by atoms with E-state index in [9.17, 15) is 4.79 Å². The maximum absolute atomic E-state index is 12.4. The summed E-state index contributed by atoms with van der Waals surface area (Å²) in [6, 6.07) is 23.8. The lowest BCUT2D eigenvalue weighted by Crippen LogP contribution is -2.12. The molecular formula is C23H18N4OS. The number of fused-ring (bicyclic) bond motifs is 2. The Morgan fingerprint density at radius 2 is 1.76 bits per heavy atom. The molecule has 3 aromatic carbocycles. The van der Waals surface area contributed by atoms with Crippen molar-refractivity contribution in [3.8, 4) is 10.6 Å². The number of imidazole rings is 1. The molecule has 0 fully saturated rings. The van der Waals surface area contributed by atoms with Crippen molar-refractivity contribution in [2.24, 2.45) is 0 Å². The topological polar surface area (TPSA) is 70.7 Å². The number of carbonyl (C=O) groups is 1. The van der Waals surface area contributed by atoms with E-state index in [1.165, 1.54) is 0 Å². The van der Waals surface area contributed by atoms with Crippen LogP contribution in [0, 0.1) is 0 Å². The highest BCUT2D eigenvalue weighted by atomic mass is 32.1. The number of aromatic amines is 1. The minimum Gasteiger partial charge on any atom is -0.342 e. The summed E-state index contributed by atoms with van der Waals surface area (Å²) in [4.78, 5) is 24.9. The number of para-hydroxylation sites is 3. The van der Waals surface area contributed by atoms with E-state index in [4.69, 9.17) is 4.98 Å². The molecule has 0 spiro atoms. The third-order valence-electron chi connectivity index (χ3n) is 4.71. The minimum absolute atomic E-state index is 0.0353. The van der Waals surface area contributed by atoms with Gasteiger partial charge in [0.2, 0.25) is 5.91 Å². The predicted molar refractivity (Wildman–Crippen MR) is 118 cm³/mol. The number of benzene rings is 3. The van der Waals surface area contributed by atoms with Crippen LogP contribution in [-0.4, -0.2) is 20.9 Å². The van der Waals surface area contributed by atoms with Gasteiger partial charge in [0.05, 0.1) is 21.3 Å². The first-order valence-electron chi connectivity index (χ1n) is 9.44. The zero-order valence-electron chi connectivity index (χ0n) is 15.6. The van der Waals surface area contributed by atoms with E-state index in [1.54, 1.807) is 11.3 Å². The van der Waals surface area contributed by atoms with E-state index in [0.29, 0.717) is 12.8 Å². The third kappa shape index (κ3) is 3.75. The summed E-state index contributed by atoms with van der Waals surface area (Å²) in [7, 11) is 0. The zero-order chi connectivity index (χ0) is 19.6. The Morgan fingerprint density at radius 3 is 2.62 bits per heavy atom. The Balaban J connectivity index is 1.27. The van der Waals surface area contributed by atoms with Crippen LogP contribution in [0.5, 0.6) is 0 Å². The standard InChI is InChI=1S/C23H18N4OS/c28-22(13-12-21-25-17-8-1-2-9-18(17)26-21)24-16-7-5-6-15(14-16)23-27-19-10-3-4-11-20(19)29-23/h1-11,14H,12-13H2,(H,24,28)(H,25,26). The lowest BCUT2D eigenvalue weighted by molar-refractivity contribution is -0.116. The molecule has 0 aliphatic carbocycles. The van der Waals surface area contributed by atoms with E-state index in [2.05, 4.69) is 21.4 Å². The van der Waals surface area contributed by atoms with Crippen molar-refractivity contribution in [3.05, 3.63) is 78.6 Å². The van der Waals surface area contributed by atoms with Crippen LogP contribution in [0.1, 0.15) is 12.2 Å². The molecule has 0 aliphatic rings. The van der Waals surface area contributed by atoms with Gasteiger partial charge >= 0.3 is 0 Å². The molecule has 2 heterocycles. The first-order chi connectivity index (χ1) is 14.2. The lowest BCUT2D eigenvalue weighted by atomic mass is 10.2. The van der Waals surface area contributed by atoms with Gasteiger partial charge in [-0.05, 0) is 36.4 Å². The predicted octanol–water partition coefficient (Wildman–Crippen LogP) is 5.41. The quantitative estimate of drug-likeness (QED) is 0.416. The third-order valence-corrected chi connectivity index (χ3v) is 5.80. The number of hydrogen-bond acceptors (Lipinski definition) is 4. The van der Waals surface area contributed by atoms with Crippen LogP contribution in [0.2, 0.25) is 0 Å². The summed E-state index contributed by atoms with van der Waals surface area (Å²) in [5, 5.41) is 3.93. The largest absolute Gasteiger partial charge is 0.342 e. The normalized spacial score (nSPS) is 11.2. The van der Waals surface area contributed by atoms with Crippen LogP contribution in [-0.2, 0) is 11.2 Å². The van der Waals surface area contributed by atoms with Gasteiger partial charge in [-0.3, -0.25) is 4.79 Å². The molecule has 0 unspecified atom stereocenters. The van der Waals surface area contributed by atoms with Crippen molar-refractivity contribution in [3.63, 3.8) is 0 Å². The summed E-state index contributed by atoms with van der Waals surface area (Å²) in [6.07, 6.45) is 0.934. The highest BCUT2D eigenvalue weighted by Crippen LogP contribution is 2.31. The Hall–Kier alpha value is -3.51. The van der Waals surface area contributed by atoms with E-state index in [0.717, 1.165) is 43.3 Å².